The Morgan fingerprint density at radius 3 is 2.59 bits per heavy atom. The van der Waals surface area contributed by atoms with Gasteiger partial charge in [-0.1, -0.05) is 0 Å². The van der Waals surface area contributed by atoms with Gasteiger partial charge in [0.15, 0.2) is 0 Å². The van der Waals surface area contributed by atoms with Gasteiger partial charge < -0.3 is 24.8 Å². The minimum absolute atomic E-state index is 0.158. The number of amides is 2. The average Bonchev–Trinajstić information content (AvgIpc) is 3.05. The summed E-state index contributed by atoms with van der Waals surface area (Å²) >= 11 is 0. The molecule has 2 amide bonds. The zero-order valence-electron chi connectivity index (χ0n) is 13.0. The van der Waals surface area contributed by atoms with Crippen molar-refractivity contribution in [2.75, 3.05) is 32.9 Å². The van der Waals surface area contributed by atoms with Gasteiger partial charge in [0, 0.05) is 13.2 Å². The van der Waals surface area contributed by atoms with E-state index in [0.717, 1.165) is 30.9 Å². The maximum atomic E-state index is 11.6. The van der Waals surface area contributed by atoms with Gasteiger partial charge in [-0.05, 0) is 44.0 Å². The molecule has 22 heavy (non-hydrogen) atoms. The molecule has 1 unspecified atom stereocenters. The summed E-state index contributed by atoms with van der Waals surface area (Å²) in [5.74, 6) is 1.58. The highest BCUT2D eigenvalue weighted by atomic mass is 16.5. The molecular formula is C16H24N2O4. The van der Waals surface area contributed by atoms with Crippen molar-refractivity contribution in [3.05, 3.63) is 24.3 Å². The minimum Gasteiger partial charge on any atom is -0.494 e. The molecule has 0 aliphatic carbocycles. The molecule has 0 aromatic heterocycles. The van der Waals surface area contributed by atoms with Crippen molar-refractivity contribution in [3.63, 3.8) is 0 Å². The van der Waals surface area contributed by atoms with Crippen LogP contribution in [-0.2, 0) is 4.74 Å². The summed E-state index contributed by atoms with van der Waals surface area (Å²) in [6.45, 7) is 4.81. The number of nitrogens with one attached hydrogen (secondary N) is 2. The second-order valence-corrected chi connectivity index (χ2v) is 5.02. The summed E-state index contributed by atoms with van der Waals surface area (Å²) in [6, 6.07) is 7.23. The highest BCUT2D eigenvalue weighted by Gasteiger charge is 2.15. The lowest BCUT2D eigenvalue weighted by Crippen LogP contribution is -2.41. The van der Waals surface area contributed by atoms with Crippen molar-refractivity contribution in [2.24, 2.45) is 0 Å². The van der Waals surface area contributed by atoms with Crippen LogP contribution in [0.15, 0.2) is 24.3 Å². The Balaban J connectivity index is 1.55. The van der Waals surface area contributed by atoms with Crippen molar-refractivity contribution in [1.29, 1.82) is 0 Å². The van der Waals surface area contributed by atoms with Crippen molar-refractivity contribution < 1.29 is 19.0 Å². The molecule has 1 fully saturated rings. The Kier molecular flexibility index (Phi) is 6.83. The Morgan fingerprint density at radius 2 is 1.95 bits per heavy atom. The molecule has 2 N–H and O–H groups in total. The number of carbonyl (C=O) groups excluding carboxylic acids is 1. The van der Waals surface area contributed by atoms with Crippen LogP contribution in [0.4, 0.5) is 4.79 Å². The van der Waals surface area contributed by atoms with Crippen molar-refractivity contribution >= 4 is 6.03 Å². The molecule has 1 aromatic rings. The van der Waals surface area contributed by atoms with E-state index in [1.54, 1.807) is 0 Å². The molecule has 0 saturated carbocycles. The highest BCUT2D eigenvalue weighted by Crippen LogP contribution is 2.17. The van der Waals surface area contributed by atoms with Crippen LogP contribution in [0.3, 0.4) is 0 Å². The number of ether oxygens (including phenoxy) is 3. The van der Waals surface area contributed by atoms with Crippen LogP contribution in [0.1, 0.15) is 19.8 Å². The zero-order valence-corrected chi connectivity index (χ0v) is 13.0. The predicted molar refractivity (Wildman–Crippen MR) is 83.5 cm³/mol. The van der Waals surface area contributed by atoms with Crippen LogP contribution in [0.2, 0.25) is 0 Å². The first-order chi connectivity index (χ1) is 10.8. The fourth-order valence-electron chi connectivity index (χ4n) is 2.21. The van der Waals surface area contributed by atoms with Crippen LogP contribution in [-0.4, -0.2) is 45.0 Å². The van der Waals surface area contributed by atoms with E-state index in [0.29, 0.717) is 26.3 Å². The molecule has 1 saturated heterocycles. The number of urea groups is 1. The third-order valence-electron chi connectivity index (χ3n) is 3.31. The van der Waals surface area contributed by atoms with Gasteiger partial charge in [0.1, 0.15) is 18.1 Å². The number of benzene rings is 1. The molecule has 2 rings (SSSR count). The zero-order chi connectivity index (χ0) is 15.6. The summed E-state index contributed by atoms with van der Waals surface area (Å²) in [6.07, 6.45) is 2.25. The number of carbonyl (C=O) groups is 1. The van der Waals surface area contributed by atoms with Crippen molar-refractivity contribution in [1.82, 2.24) is 10.6 Å². The lowest BCUT2D eigenvalue weighted by Gasteiger charge is -2.12. The summed E-state index contributed by atoms with van der Waals surface area (Å²) in [5.41, 5.74) is 0. The fourth-order valence-corrected chi connectivity index (χ4v) is 2.21. The van der Waals surface area contributed by atoms with E-state index in [1.165, 1.54) is 0 Å². The molecule has 122 valence electrons. The molecule has 6 heteroatoms. The Hall–Kier alpha value is -1.95. The first kappa shape index (κ1) is 16.4. The predicted octanol–water partition coefficient (Wildman–Crippen LogP) is 1.94. The normalized spacial score (nSPS) is 17.0. The standard InChI is InChI=1S/C16H24N2O4/c1-2-20-13-5-7-14(8-6-13)22-11-9-17-16(19)18-12-15-4-3-10-21-15/h5-8,15H,2-4,9-12H2,1H3,(H2,17,18,19). The van der Waals surface area contributed by atoms with Gasteiger partial charge in [0.05, 0.1) is 19.3 Å². The SMILES string of the molecule is CCOc1ccc(OCCNC(=O)NCC2CCCO2)cc1. The summed E-state index contributed by atoms with van der Waals surface area (Å²) in [7, 11) is 0. The molecule has 1 aliphatic heterocycles. The van der Waals surface area contributed by atoms with Gasteiger partial charge in [-0.2, -0.15) is 0 Å². The fraction of sp³-hybridized carbons (Fsp3) is 0.562. The van der Waals surface area contributed by atoms with Gasteiger partial charge in [-0.25, -0.2) is 4.79 Å². The largest absolute Gasteiger partial charge is 0.494 e. The number of rotatable bonds is 8. The summed E-state index contributed by atoms with van der Waals surface area (Å²) in [5, 5.41) is 5.55. The number of hydrogen-bond acceptors (Lipinski definition) is 4. The van der Waals surface area contributed by atoms with Gasteiger partial charge in [-0.3, -0.25) is 0 Å². The van der Waals surface area contributed by atoms with Gasteiger partial charge >= 0.3 is 6.03 Å². The Bertz CT molecular complexity index is 444. The highest BCUT2D eigenvalue weighted by molar-refractivity contribution is 5.73. The third kappa shape index (κ3) is 5.81. The molecule has 6 nitrogen and oxygen atoms in total. The van der Waals surface area contributed by atoms with E-state index in [4.69, 9.17) is 14.2 Å². The van der Waals surface area contributed by atoms with Crippen molar-refractivity contribution in [3.8, 4) is 11.5 Å². The van der Waals surface area contributed by atoms with Crippen LogP contribution in [0.5, 0.6) is 11.5 Å². The molecule has 1 heterocycles. The van der Waals surface area contributed by atoms with E-state index in [9.17, 15) is 4.79 Å². The van der Waals surface area contributed by atoms with Crippen LogP contribution >= 0.6 is 0 Å². The van der Waals surface area contributed by atoms with Crippen LogP contribution < -0.4 is 20.1 Å². The van der Waals surface area contributed by atoms with E-state index in [2.05, 4.69) is 10.6 Å². The van der Waals surface area contributed by atoms with Gasteiger partial charge in [0.25, 0.3) is 0 Å². The topological polar surface area (TPSA) is 68.8 Å². The van der Waals surface area contributed by atoms with Crippen LogP contribution in [0.25, 0.3) is 0 Å². The molecule has 1 aliphatic rings. The lowest BCUT2D eigenvalue weighted by molar-refractivity contribution is 0.111. The summed E-state index contributed by atoms with van der Waals surface area (Å²) in [4.78, 5) is 11.6. The average molecular weight is 308 g/mol. The molecule has 0 radical (unpaired) electrons. The Morgan fingerprint density at radius 1 is 1.23 bits per heavy atom. The number of hydrogen-bond donors (Lipinski definition) is 2. The lowest BCUT2D eigenvalue weighted by atomic mass is 10.2. The molecule has 0 spiro atoms. The van der Waals surface area contributed by atoms with Gasteiger partial charge in [-0.15, -0.1) is 0 Å². The minimum atomic E-state index is -0.189. The smallest absolute Gasteiger partial charge is 0.315 e. The van der Waals surface area contributed by atoms with Crippen molar-refractivity contribution in [2.45, 2.75) is 25.9 Å². The van der Waals surface area contributed by atoms with E-state index >= 15 is 0 Å². The van der Waals surface area contributed by atoms with Crippen LogP contribution in [0, 0.1) is 0 Å². The Labute approximate surface area is 131 Å². The van der Waals surface area contributed by atoms with E-state index in [1.807, 2.05) is 31.2 Å². The van der Waals surface area contributed by atoms with E-state index < -0.39 is 0 Å². The maximum Gasteiger partial charge on any atom is 0.315 e. The molecule has 1 aromatic carbocycles. The molecule has 1 atom stereocenters. The first-order valence-corrected chi connectivity index (χ1v) is 7.77. The third-order valence-corrected chi connectivity index (χ3v) is 3.31. The van der Waals surface area contributed by atoms with Gasteiger partial charge in [0.2, 0.25) is 0 Å². The quantitative estimate of drug-likeness (QED) is 0.720. The molecule has 0 bridgehead atoms. The first-order valence-electron chi connectivity index (χ1n) is 7.77. The second kappa shape index (κ2) is 9.15. The van der Waals surface area contributed by atoms with E-state index in [-0.39, 0.29) is 12.1 Å². The second-order valence-electron chi connectivity index (χ2n) is 5.02. The monoisotopic (exact) mass is 308 g/mol. The summed E-state index contributed by atoms with van der Waals surface area (Å²) < 4.78 is 16.3. The molecular weight excluding hydrogens is 284 g/mol. The maximum absolute atomic E-state index is 11.6.